The molecule has 0 spiro atoms. The van der Waals surface area contributed by atoms with Gasteiger partial charge in [-0.15, -0.1) is 0 Å². The number of benzene rings is 1. The zero-order valence-electron chi connectivity index (χ0n) is 12.0. The van der Waals surface area contributed by atoms with Gasteiger partial charge in [-0.3, -0.25) is 9.69 Å². The average molecular weight is 297 g/mol. The first kappa shape index (κ1) is 15.1. The first-order valence-corrected chi connectivity index (χ1v) is 7.22. The molecule has 0 amide bonds. The van der Waals surface area contributed by atoms with Gasteiger partial charge in [0.15, 0.2) is 0 Å². The lowest BCUT2D eigenvalue weighted by Gasteiger charge is -2.38. The molecule has 2 rings (SSSR count). The lowest BCUT2D eigenvalue weighted by atomic mass is 9.93. The van der Waals surface area contributed by atoms with Crippen molar-refractivity contribution < 1.29 is 9.90 Å². The van der Waals surface area contributed by atoms with E-state index in [1.54, 1.807) is 13.8 Å². The summed E-state index contributed by atoms with van der Waals surface area (Å²) in [6, 6.07) is 7.85. The Bertz CT molecular complexity index is 465. The Morgan fingerprint density at radius 3 is 2.25 bits per heavy atom. The number of rotatable bonds is 4. The molecule has 0 aliphatic carbocycles. The van der Waals surface area contributed by atoms with E-state index in [0.717, 1.165) is 31.2 Å². The number of hydrogen-bond donors (Lipinski definition) is 1. The molecule has 1 aromatic carbocycles. The van der Waals surface area contributed by atoms with E-state index in [0.29, 0.717) is 6.54 Å². The number of piperazine rings is 1. The van der Waals surface area contributed by atoms with Crippen molar-refractivity contribution in [3.63, 3.8) is 0 Å². The van der Waals surface area contributed by atoms with Crippen molar-refractivity contribution in [3.05, 3.63) is 29.3 Å². The molecule has 0 saturated carbocycles. The molecule has 0 radical (unpaired) electrons. The number of anilines is 1. The third-order valence-corrected chi connectivity index (χ3v) is 4.01. The Morgan fingerprint density at radius 1 is 1.20 bits per heavy atom. The van der Waals surface area contributed by atoms with E-state index >= 15 is 0 Å². The third-order valence-electron chi connectivity index (χ3n) is 3.76. The van der Waals surface area contributed by atoms with Gasteiger partial charge in [-0.05, 0) is 38.1 Å². The molecule has 0 aromatic heterocycles. The molecule has 110 valence electrons. The van der Waals surface area contributed by atoms with E-state index in [1.807, 2.05) is 24.3 Å². The molecule has 0 bridgehead atoms. The van der Waals surface area contributed by atoms with Crippen molar-refractivity contribution in [1.29, 1.82) is 0 Å². The number of nitrogens with zero attached hydrogens (tertiary/aromatic N) is 2. The Hall–Kier alpha value is -1.26. The highest BCUT2D eigenvalue weighted by molar-refractivity contribution is 6.30. The number of carbonyl (C=O) groups is 1. The molecule has 1 aliphatic heterocycles. The fourth-order valence-corrected chi connectivity index (χ4v) is 2.57. The van der Waals surface area contributed by atoms with Crippen molar-refractivity contribution in [2.24, 2.45) is 5.41 Å². The van der Waals surface area contributed by atoms with Gasteiger partial charge in [-0.25, -0.2) is 0 Å². The van der Waals surface area contributed by atoms with Gasteiger partial charge in [0.05, 0.1) is 5.41 Å². The molecule has 5 heteroatoms. The smallest absolute Gasteiger partial charge is 0.310 e. The number of aliphatic carboxylic acids is 1. The van der Waals surface area contributed by atoms with E-state index < -0.39 is 11.4 Å². The zero-order chi connectivity index (χ0) is 14.8. The molecule has 1 fully saturated rings. The minimum Gasteiger partial charge on any atom is -0.481 e. The summed E-state index contributed by atoms with van der Waals surface area (Å²) < 4.78 is 0. The topological polar surface area (TPSA) is 43.8 Å². The van der Waals surface area contributed by atoms with Gasteiger partial charge in [-0.2, -0.15) is 0 Å². The van der Waals surface area contributed by atoms with Gasteiger partial charge < -0.3 is 10.0 Å². The van der Waals surface area contributed by atoms with Gasteiger partial charge in [0, 0.05) is 43.4 Å². The first-order valence-electron chi connectivity index (χ1n) is 6.85. The van der Waals surface area contributed by atoms with E-state index in [9.17, 15) is 9.90 Å². The highest BCUT2D eigenvalue weighted by Gasteiger charge is 2.31. The number of hydrogen-bond acceptors (Lipinski definition) is 3. The van der Waals surface area contributed by atoms with Crippen molar-refractivity contribution in [2.45, 2.75) is 13.8 Å². The Labute approximate surface area is 124 Å². The van der Waals surface area contributed by atoms with Crippen LogP contribution in [0.3, 0.4) is 0 Å². The fourth-order valence-electron chi connectivity index (χ4n) is 2.44. The molecule has 0 unspecified atom stereocenters. The summed E-state index contributed by atoms with van der Waals surface area (Å²) in [7, 11) is 0. The Balaban J connectivity index is 1.89. The average Bonchev–Trinajstić information content (AvgIpc) is 2.40. The van der Waals surface area contributed by atoms with Gasteiger partial charge in [0.1, 0.15) is 0 Å². The van der Waals surface area contributed by atoms with Crippen LogP contribution < -0.4 is 4.90 Å². The molecule has 1 N–H and O–H groups in total. The van der Waals surface area contributed by atoms with E-state index in [-0.39, 0.29) is 0 Å². The van der Waals surface area contributed by atoms with Gasteiger partial charge >= 0.3 is 5.97 Å². The highest BCUT2D eigenvalue weighted by Crippen LogP contribution is 2.22. The maximum absolute atomic E-state index is 11.2. The number of carboxylic acids is 1. The molecule has 20 heavy (non-hydrogen) atoms. The van der Waals surface area contributed by atoms with Crippen LogP contribution in [0.5, 0.6) is 0 Å². The second-order valence-electron chi connectivity index (χ2n) is 5.93. The van der Waals surface area contributed by atoms with Crippen LogP contribution in [0.15, 0.2) is 24.3 Å². The summed E-state index contributed by atoms with van der Waals surface area (Å²) in [6.45, 7) is 7.76. The van der Waals surface area contributed by atoms with Crippen molar-refractivity contribution >= 4 is 23.3 Å². The third kappa shape index (κ3) is 3.64. The fraction of sp³-hybridized carbons (Fsp3) is 0.533. The van der Waals surface area contributed by atoms with Gasteiger partial charge in [0.25, 0.3) is 0 Å². The molecule has 1 heterocycles. The molecule has 1 saturated heterocycles. The quantitative estimate of drug-likeness (QED) is 0.927. The summed E-state index contributed by atoms with van der Waals surface area (Å²) in [6.07, 6.45) is 0. The molecule has 1 aromatic rings. The van der Waals surface area contributed by atoms with Crippen LogP contribution in [-0.4, -0.2) is 48.7 Å². The number of halogens is 1. The van der Waals surface area contributed by atoms with Crippen molar-refractivity contribution in [2.75, 3.05) is 37.6 Å². The molecular weight excluding hydrogens is 276 g/mol. The molecule has 1 aliphatic rings. The molecule has 0 atom stereocenters. The van der Waals surface area contributed by atoms with Gasteiger partial charge in [0.2, 0.25) is 0 Å². The van der Waals surface area contributed by atoms with Crippen LogP contribution in [0, 0.1) is 5.41 Å². The minimum atomic E-state index is -0.738. The summed E-state index contributed by atoms with van der Waals surface area (Å²) >= 11 is 5.89. The summed E-state index contributed by atoms with van der Waals surface area (Å²) in [5.41, 5.74) is 0.481. The standard InChI is InChI=1S/C15H21ClN2O2/c1-15(2,14(19)20)11-17-7-9-18(10-8-17)13-5-3-12(16)4-6-13/h3-6H,7-11H2,1-2H3,(H,19,20). The van der Waals surface area contributed by atoms with Gasteiger partial charge in [-0.1, -0.05) is 11.6 Å². The normalized spacial score (nSPS) is 17.2. The van der Waals surface area contributed by atoms with Crippen molar-refractivity contribution in [3.8, 4) is 0 Å². The summed E-state index contributed by atoms with van der Waals surface area (Å²) in [5.74, 6) is -0.738. The van der Waals surface area contributed by atoms with Crippen LogP contribution in [-0.2, 0) is 4.79 Å². The molecular formula is C15H21ClN2O2. The van der Waals surface area contributed by atoms with Crippen LogP contribution in [0.2, 0.25) is 5.02 Å². The maximum atomic E-state index is 11.2. The largest absolute Gasteiger partial charge is 0.481 e. The predicted octanol–water partition coefficient (Wildman–Crippen LogP) is 2.57. The van der Waals surface area contributed by atoms with Crippen LogP contribution in [0.1, 0.15) is 13.8 Å². The lowest BCUT2D eigenvalue weighted by molar-refractivity contribution is -0.148. The highest BCUT2D eigenvalue weighted by atomic mass is 35.5. The second kappa shape index (κ2) is 6.02. The number of carboxylic acid groups (broad SMARTS) is 1. The minimum absolute atomic E-state index is 0.594. The monoisotopic (exact) mass is 296 g/mol. The lowest BCUT2D eigenvalue weighted by Crippen LogP contribution is -2.50. The van der Waals surface area contributed by atoms with Crippen molar-refractivity contribution in [1.82, 2.24) is 4.90 Å². The Morgan fingerprint density at radius 2 is 1.75 bits per heavy atom. The van der Waals surface area contributed by atoms with E-state index in [2.05, 4.69) is 9.80 Å². The first-order chi connectivity index (χ1) is 9.38. The Kier molecular flexibility index (Phi) is 4.55. The predicted molar refractivity (Wildman–Crippen MR) is 81.5 cm³/mol. The maximum Gasteiger partial charge on any atom is 0.310 e. The van der Waals surface area contributed by atoms with E-state index in [4.69, 9.17) is 11.6 Å². The molecule has 4 nitrogen and oxygen atoms in total. The second-order valence-corrected chi connectivity index (χ2v) is 6.37. The van der Waals surface area contributed by atoms with Crippen LogP contribution in [0.4, 0.5) is 5.69 Å². The summed E-state index contributed by atoms with van der Waals surface area (Å²) in [4.78, 5) is 15.7. The zero-order valence-corrected chi connectivity index (χ0v) is 12.7. The van der Waals surface area contributed by atoms with E-state index in [1.165, 1.54) is 5.69 Å². The summed E-state index contributed by atoms with van der Waals surface area (Å²) in [5, 5.41) is 9.92. The van der Waals surface area contributed by atoms with Crippen LogP contribution in [0.25, 0.3) is 0 Å². The SMILES string of the molecule is CC(C)(CN1CCN(c2ccc(Cl)cc2)CC1)C(=O)O. The van der Waals surface area contributed by atoms with Crippen LogP contribution >= 0.6 is 11.6 Å².